The number of ether oxygens (including phenoxy) is 1. The Morgan fingerprint density at radius 3 is 2.71 bits per heavy atom. The molecule has 2 aromatic rings. The summed E-state index contributed by atoms with van der Waals surface area (Å²) in [6.07, 6.45) is 0.915. The van der Waals surface area contributed by atoms with Crippen molar-refractivity contribution in [3.8, 4) is 0 Å². The second-order valence-electron chi connectivity index (χ2n) is 5.39. The third kappa shape index (κ3) is 3.19. The quantitative estimate of drug-likeness (QED) is 0.849. The summed E-state index contributed by atoms with van der Waals surface area (Å²) in [5.41, 5.74) is 4.83. The summed E-state index contributed by atoms with van der Waals surface area (Å²) in [6.45, 7) is 1.12. The molecule has 0 radical (unpaired) electrons. The van der Waals surface area contributed by atoms with Crippen LogP contribution in [0.3, 0.4) is 0 Å². The summed E-state index contributed by atoms with van der Waals surface area (Å²) in [5.74, 6) is 0. The van der Waals surface area contributed by atoms with Gasteiger partial charge in [-0.2, -0.15) is 5.06 Å². The molecule has 0 amide bonds. The second kappa shape index (κ2) is 6.28. The van der Waals surface area contributed by atoms with E-state index in [2.05, 4.69) is 34.1 Å². The molecule has 0 aromatic heterocycles. The summed E-state index contributed by atoms with van der Waals surface area (Å²) >= 11 is 3.60. The Kier molecular flexibility index (Phi) is 4.40. The molecule has 1 aliphatic heterocycles. The average molecular weight is 348 g/mol. The van der Waals surface area contributed by atoms with E-state index in [0.29, 0.717) is 13.2 Å². The number of fused-ring (bicyclic) bond motifs is 1. The topological polar surface area (TPSA) is 32.7 Å². The fourth-order valence-corrected chi connectivity index (χ4v) is 3.32. The van der Waals surface area contributed by atoms with Crippen LogP contribution in [0, 0.1) is 0 Å². The Morgan fingerprint density at radius 2 is 2.00 bits per heavy atom. The predicted octanol–water partition coefficient (Wildman–Crippen LogP) is 4.08. The molecule has 1 N–H and O–H groups in total. The van der Waals surface area contributed by atoms with E-state index < -0.39 is 0 Å². The maximum atomic E-state index is 9.60. The highest BCUT2D eigenvalue weighted by Gasteiger charge is 2.24. The summed E-state index contributed by atoms with van der Waals surface area (Å²) < 4.78 is 7.04. The first-order valence-electron chi connectivity index (χ1n) is 7.01. The van der Waals surface area contributed by atoms with Crippen LogP contribution < -0.4 is 0 Å². The highest BCUT2D eigenvalue weighted by molar-refractivity contribution is 9.10. The summed E-state index contributed by atoms with van der Waals surface area (Å²) in [4.78, 5) is 0. The van der Waals surface area contributed by atoms with Gasteiger partial charge < -0.3 is 9.94 Å². The predicted molar refractivity (Wildman–Crippen MR) is 85.1 cm³/mol. The third-order valence-corrected chi connectivity index (χ3v) is 4.60. The molecule has 0 aliphatic carbocycles. The Labute approximate surface area is 133 Å². The lowest BCUT2D eigenvalue weighted by Crippen LogP contribution is -2.20. The van der Waals surface area contributed by atoms with Gasteiger partial charge in [-0.25, -0.2) is 0 Å². The van der Waals surface area contributed by atoms with E-state index in [1.165, 1.54) is 21.8 Å². The smallest absolute Gasteiger partial charge is 0.0870 e. The third-order valence-electron chi connectivity index (χ3n) is 3.86. The fraction of sp³-hybridized carbons (Fsp3) is 0.294. The van der Waals surface area contributed by atoms with Crippen molar-refractivity contribution in [2.24, 2.45) is 0 Å². The van der Waals surface area contributed by atoms with Crippen molar-refractivity contribution in [1.29, 1.82) is 0 Å². The van der Waals surface area contributed by atoms with Crippen molar-refractivity contribution >= 4 is 15.9 Å². The molecule has 3 nitrogen and oxygen atoms in total. The highest BCUT2D eigenvalue weighted by atomic mass is 79.9. The van der Waals surface area contributed by atoms with Gasteiger partial charge in [-0.05, 0) is 28.3 Å². The van der Waals surface area contributed by atoms with Crippen LogP contribution in [0.25, 0.3) is 0 Å². The molecule has 1 unspecified atom stereocenters. The number of benzene rings is 2. The average Bonchev–Trinajstić information content (AvgIpc) is 2.50. The number of rotatable bonds is 3. The Morgan fingerprint density at radius 1 is 1.24 bits per heavy atom. The molecule has 1 atom stereocenters. The van der Waals surface area contributed by atoms with Crippen LogP contribution >= 0.6 is 15.9 Å². The lowest BCUT2D eigenvalue weighted by atomic mass is 9.91. The Balaban J connectivity index is 1.95. The normalized spacial score (nSPS) is 17.8. The van der Waals surface area contributed by atoms with Crippen LogP contribution in [0.4, 0.5) is 0 Å². The van der Waals surface area contributed by atoms with Gasteiger partial charge in [0, 0.05) is 24.5 Å². The molecule has 4 heteroatoms. The van der Waals surface area contributed by atoms with Gasteiger partial charge in [-0.15, -0.1) is 0 Å². The van der Waals surface area contributed by atoms with E-state index >= 15 is 0 Å². The minimum atomic E-state index is 0.0794. The Bertz CT molecular complexity index is 628. The van der Waals surface area contributed by atoms with Crippen LogP contribution in [0.5, 0.6) is 0 Å². The molecule has 110 valence electrons. The Hall–Kier alpha value is -1.20. The van der Waals surface area contributed by atoms with Crippen molar-refractivity contribution in [3.63, 3.8) is 0 Å². The molecule has 21 heavy (non-hydrogen) atoms. The zero-order valence-corrected chi connectivity index (χ0v) is 13.5. The summed E-state index contributed by atoms with van der Waals surface area (Å²) in [7, 11) is 1.67. The van der Waals surface area contributed by atoms with Crippen molar-refractivity contribution in [3.05, 3.63) is 69.2 Å². The molecule has 1 heterocycles. The van der Waals surface area contributed by atoms with E-state index in [9.17, 15) is 5.21 Å². The first-order valence-corrected chi connectivity index (χ1v) is 7.80. The first kappa shape index (κ1) is 14.7. The van der Waals surface area contributed by atoms with Gasteiger partial charge >= 0.3 is 0 Å². The van der Waals surface area contributed by atoms with E-state index in [1.54, 1.807) is 7.05 Å². The lowest BCUT2D eigenvalue weighted by Gasteiger charge is -2.28. The fourth-order valence-electron chi connectivity index (χ4n) is 2.82. The van der Waals surface area contributed by atoms with Crippen LogP contribution in [0.2, 0.25) is 0 Å². The highest BCUT2D eigenvalue weighted by Crippen LogP contribution is 2.35. The first-order chi connectivity index (χ1) is 10.1. The van der Waals surface area contributed by atoms with E-state index in [1.807, 2.05) is 24.3 Å². The van der Waals surface area contributed by atoms with Gasteiger partial charge in [0.1, 0.15) is 0 Å². The number of hydrogen-bond donors (Lipinski definition) is 1. The van der Waals surface area contributed by atoms with E-state index in [-0.39, 0.29) is 6.10 Å². The van der Waals surface area contributed by atoms with Gasteiger partial charge in [0.25, 0.3) is 0 Å². The molecule has 0 saturated carbocycles. The number of nitrogens with zero attached hydrogens (tertiary/aromatic N) is 1. The molecule has 0 fully saturated rings. The van der Waals surface area contributed by atoms with Crippen molar-refractivity contribution < 1.29 is 9.94 Å². The minimum absolute atomic E-state index is 0.0794. The van der Waals surface area contributed by atoms with Gasteiger partial charge in [0.15, 0.2) is 0 Å². The monoisotopic (exact) mass is 347 g/mol. The van der Waals surface area contributed by atoms with Gasteiger partial charge in [-0.1, -0.05) is 52.3 Å². The zero-order valence-electron chi connectivity index (χ0n) is 11.9. The molecular weight excluding hydrogens is 330 g/mol. The SMILES string of the molecule is CN(O)Cc1c(Br)ccc2c1CC(c1ccccc1)OC2. The van der Waals surface area contributed by atoms with Crippen LogP contribution in [-0.2, 0) is 24.3 Å². The second-order valence-corrected chi connectivity index (χ2v) is 6.25. The van der Waals surface area contributed by atoms with Crippen molar-refractivity contribution in [1.82, 2.24) is 5.06 Å². The number of hydrogen-bond acceptors (Lipinski definition) is 3. The molecule has 3 rings (SSSR count). The van der Waals surface area contributed by atoms with Crippen LogP contribution in [0.15, 0.2) is 46.9 Å². The summed E-state index contributed by atoms with van der Waals surface area (Å²) in [6, 6.07) is 14.4. The molecule has 0 bridgehead atoms. The van der Waals surface area contributed by atoms with Crippen LogP contribution in [-0.4, -0.2) is 17.3 Å². The standard InChI is InChI=1S/C17H18BrNO2/c1-19(20)10-15-14-9-17(12-5-3-2-4-6-12)21-11-13(14)7-8-16(15)18/h2-8,17,20H,9-11H2,1H3. The van der Waals surface area contributed by atoms with Gasteiger partial charge in [0.05, 0.1) is 12.7 Å². The van der Waals surface area contributed by atoms with Crippen molar-refractivity contribution in [2.45, 2.75) is 25.7 Å². The molecule has 1 aliphatic rings. The zero-order chi connectivity index (χ0) is 14.8. The number of halogens is 1. The lowest BCUT2D eigenvalue weighted by molar-refractivity contribution is -0.0738. The maximum Gasteiger partial charge on any atom is 0.0870 e. The molecule has 0 spiro atoms. The van der Waals surface area contributed by atoms with E-state index in [4.69, 9.17) is 4.74 Å². The summed E-state index contributed by atoms with van der Waals surface area (Å²) in [5, 5.41) is 10.8. The van der Waals surface area contributed by atoms with Gasteiger partial charge in [-0.3, -0.25) is 0 Å². The minimum Gasteiger partial charge on any atom is -0.368 e. The molecule has 2 aromatic carbocycles. The molecular formula is C17H18BrNO2. The number of hydroxylamine groups is 2. The van der Waals surface area contributed by atoms with Gasteiger partial charge in [0.2, 0.25) is 0 Å². The maximum absolute atomic E-state index is 9.60. The van der Waals surface area contributed by atoms with E-state index in [0.717, 1.165) is 16.5 Å². The van der Waals surface area contributed by atoms with Crippen LogP contribution in [0.1, 0.15) is 28.4 Å². The largest absolute Gasteiger partial charge is 0.368 e. The molecule has 0 saturated heterocycles. The van der Waals surface area contributed by atoms with Crippen molar-refractivity contribution in [2.75, 3.05) is 7.05 Å².